The predicted octanol–water partition coefficient (Wildman–Crippen LogP) is 2.53. The lowest BCUT2D eigenvalue weighted by Gasteiger charge is -2.41. The summed E-state index contributed by atoms with van der Waals surface area (Å²) in [6.45, 7) is 1.57. The highest BCUT2D eigenvalue weighted by Gasteiger charge is 2.57. The number of aliphatic hydroxyl groups excluding tert-OH is 2. The van der Waals surface area contributed by atoms with Crippen LogP contribution in [0.2, 0.25) is 0 Å². The van der Waals surface area contributed by atoms with Gasteiger partial charge in [-0.25, -0.2) is 4.98 Å². The molecule has 31 heavy (non-hydrogen) atoms. The van der Waals surface area contributed by atoms with E-state index >= 15 is 0 Å². The van der Waals surface area contributed by atoms with Gasteiger partial charge in [-0.05, 0) is 50.0 Å². The first-order valence-corrected chi connectivity index (χ1v) is 10.6. The average molecular weight is 439 g/mol. The first-order chi connectivity index (χ1) is 14.6. The van der Waals surface area contributed by atoms with Crippen molar-refractivity contribution in [1.82, 2.24) is 4.98 Å². The van der Waals surface area contributed by atoms with Crippen LogP contribution in [0.25, 0.3) is 0 Å². The molecule has 4 aliphatic rings. The van der Waals surface area contributed by atoms with E-state index in [-0.39, 0.29) is 23.5 Å². The second kappa shape index (κ2) is 7.28. The number of carbonyl (C=O) groups excluding carboxylic acids is 1. The van der Waals surface area contributed by atoms with Crippen molar-refractivity contribution in [2.24, 2.45) is 23.7 Å². The number of alkyl halides is 3. The van der Waals surface area contributed by atoms with Gasteiger partial charge in [-0.2, -0.15) is 13.2 Å². The summed E-state index contributed by atoms with van der Waals surface area (Å²) >= 11 is 0. The fourth-order valence-electron chi connectivity index (χ4n) is 5.88. The third kappa shape index (κ3) is 3.37. The molecule has 3 fully saturated rings. The van der Waals surface area contributed by atoms with Gasteiger partial charge in [0.1, 0.15) is 24.0 Å². The third-order valence-electron chi connectivity index (χ3n) is 7.34. The van der Waals surface area contributed by atoms with E-state index in [4.69, 9.17) is 9.47 Å². The summed E-state index contributed by atoms with van der Waals surface area (Å²) < 4.78 is 50.6. The van der Waals surface area contributed by atoms with Gasteiger partial charge in [-0.3, -0.25) is 4.79 Å². The topological polar surface area (TPSA) is 88.9 Å². The molecule has 9 heteroatoms. The summed E-state index contributed by atoms with van der Waals surface area (Å²) in [6, 6.07) is 3.20. The Hall–Kier alpha value is -1.97. The van der Waals surface area contributed by atoms with Crippen LogP contribution in [0, 0.1) is 23.7 Å². The minimum Gasteiger partial charge on any atom is -0.468 e. The molecule has 5 rings (SSSR count). The zero-order chi connectivity index (χ0) is 22.1. The highest BCUT2D eigenvalue weighted by molar-refractivity contribution is 6.01. The Morgan fingerprint density at radius 2 is 1.90 bits per heavy atom. The molecular formula is C22H24F3NO5. The lowest BCUT2D eigenvalue weighted by atomic mass is 9.80. The first kappa shape index (κ1) is 20.9. The molecule has 0 aromatic carbocycles. The molecule has 1 aliphatic heterocycles. The van der Waals surface area contributed by atoms with Crippen molar-refractivity contribution in [3.8, 4) is 5.88 Å². The standard InChI is InChI=1S/C22H24F3NO5/c1-9-17(27)19(29)21(31-15-4-2-3-14(26-15)22(23,24)25)20(30-9)13-8-12-10-5-6-11(7-10)16(12)18(13)28/h2-4,8-12,16-17,19-21,27,29H,5-7H2,1H3/t9-,10-,11+,12?,16?,17+,19+,20-,21-/m1/s1. The molecule has 2 saturated carbocycles. The summed E-state index contributed by atoms with van der Waals surface area (Å²) in [4.78, 5) is 16.7. The Kier molecular flexibility index (Phi) is 4.91. The SMILES string of the molecule is C[C@H]1O[C@H](C2=CC3C(C2=O)[C@H]2CC[C@@H]3C2)[C@H](Oc2cccc(C(F)(F)F)n2)[C@@H](O)[C@H]1O. The largest absolute Gasteiger partial charge is 0.468 e. The summed E-state index contributed by atoms with van der Waals surface area (Å²) in [6.07, 6.45) is -5.42. The van der Waals surface area contributed by atoms with E-state index in [1.165, 1.54) is 6.07 Å². The number of pyridine rings is 1. The van der Waals surface area contributed by atoms with Gasteiger partial charge in [0.05, 0.1) is 6.10 Å². The zero-order valence-electron chi connectivity index (χ0n) is 16.8. The van der Waals surface area contributed by atoms with Crippen molar-refractivity contribution in [2.45, 2.75) is 62.9 Å². The van der Waals surface area contributed by atoms with Crippen molar-refractivity contribution in [2.75, 3.05) is 0 Å². The van der Waals surface area contributed by atoms with Crippen molar-refractivity contribution in [3.05, 3.63) is 35.5 Å². The maximum Gasteiger partial charge on any atom is 0.433 e. The number of ketones is 1. The number of carbonyl (C=O) groups is 1. The van der Waals surface area contributed by atoms with Crippen LogP contribution in [0.15, 0.2) is 29.8 Å². The highest BCUT2D eigenvalue weighted by atomic mass is 19.4. The van der Waals surface area contributed by atoms with Crippen LogP contribution in [0.4, 0.5) is 13.2 Å². The van der Waals surface area contributed by atoms with E-state index in [1.807, 2.05) is 6.08 Å². The summed E-state index contributed by atoms with van der Waals surface area (Å²) in [5.74, 6) is 0.444. The first-order valence-electron chi connectivity index (χ1n) is 10.6. The van der Waals surface area contributed by atoms with Crippen molar-refractivity contribution >= 4 is 5.78 Å². The Balaban J connectivity index is 1.46. The number of fused-ring (bicyclic) bond motifs is 5. The van der Waals surface area contributed by atoms with E-state index in [0.717, 1.165) is 31.4 Å². The van der Waals surface area contributed by atoms with Crippen LogP contribution >= 0.6 is 0 Å². The summed E-state index contributed by atoms with van der Waals surface area (Å²) in [5, 5.41) is 21.0. The van der Waals surface area contributed by atoms with Gasteiger partial charge in [-0.15, -0.1) is 0 Å². The van der Waals surface area contributed by atoms with E-state index in [2.05, 4.69) is 4.98 Å². The van der Waals surface area contributed by atoms with Crippen LogP contribution in [-0.4, -0.2) is 51.5 Å². The smallest absolute Gasteiger partial charge is 0.433 e. The number of ether oxygens (including phenoxy) is 2. The zero-order valence-corrected chi connectivity index (χ0v) is 16.8. The number of allylic oxidation sites excluding steroid dienone is 1. The highest BCUT2D eigenvalue weighted by Crippen LogP contribution is 2.57. The van der Waals surface area contributed by atoms with E-state index in [0.29, 0.717) is 17.4 Å². The van der Waals surface area contributed by atoms with Gasteiger partial charge in [0, 0.05) is 17.6 Å². The molecule has 2 unspecified atom stereocenters. The number of Topliss-reactive ketones (excluding diaryl/α,β-unsaturated/α-hetero) is 1. The molecular weight excluding hydrogens is 415 g/mol. The number of rotatable bonds is 3. The molecule has 3 aliphatic carbocycles. The molecule has 1 aromatic heterocycles. The molecule has 168 valence electrons. The van der Waals surface area contributed by atoms with Crippen LogP contribution in [0.3, 0.4) is 0 Å². The van der Waals surface area contributed by atoms with Crippen LogP contribution in [-0.2, 0) is 15.7 Å². The lowest BCUT2D eigenvalue weighted by Crippen LogP contribution is -2.59. The number of aliphatic hydroxyl groups is 2. The Labute approximate surface area is 177 Å². The maximum atomic E-state index is 13.2. The van der Waals surface area contributed by atoms with Crippen molar-refractivity contribution in [3.63, 3.8) is 0 Å². The van der Waals surface area contributed by atoms with Gasteiger partial charge in [0.25, 0.3) is 0 Å². The Morgan fingerprint density at radius 1 is 1.16 bits per heavy atom. The minimum absolute atomic E-state index is 0.0383. The Bertz CT molecular complexity index is 919. The summed E-state index contributed by atoms with van der Waals surface area (Å²) in [5.41, 5.74) is -0.745. The van der Waals surface area contributed by atoms with Gasteiger partial charge in [0.15, 0.2) is 11.9 Å². The van der Waals surface area contributed by atoms with Gasteiger partial charge < -0.3 is 19.7 Å². The van der Waals surface area contributed by atoms with Gasteiger partial charge in [-0.1, -0.05) is 12.1 Å². The monoisotopic (exact) mass is 439 g/mol. The predicted molar refractivity (Wildman–Crippen MR) is 101 cm³/mol. The fourth-order valence-corrected chi connectivity index (χ4v) is 5.88. The Morgan fingerprint density at radius 3 is 2.61 bits per heavy atom. The van der Waals surface area contributed by atoms with Gasteiger partial charge >= 0.3 is 6.18 Å². The lowest BCUT2D eigenvalue weighted by molar-refractivity contribution is -0.201. The number of hydrogen-bond acceptors (Lipinski definition) is 6. The number of nitrogens with zero attached hydrogens (tertiary/aromatic N) is 1. The van der Waals surface area contributed by atoms with Crippen molar-refractivity contribution < 1.29 is 37.7 Å². The molecule has 0 radical (unpaired) electrons. The minimum atomic E-state index is -4.66. The normalized spacial score (nSPS) is 41.9. The number of hydrogen-bond donors (Lipinski definition) is 2. The van der Waals surface area contributed by atoms with E-state index < -0.39 is 42.4 Å². The molecule has 0 spiro atoms. The van der Waals surface area contributed by atoms with Crippen LogP contribution < -0.4 is 4.74 Å². The molecule has 0 amide bonds. The van der Waals surface area contributed by atoms with Crippen LogP contribution in [0.1, 0.15) is 31.9 Å². The quantitative estimate of drug-likeness (QED) is 0.753. The second-order valence-corrected chi connectivity index (χ2v) is 9.11. The number of halogens is 3. The molecule has 6 nitrogen and oxygen atoms in total. The maximum absolute atomic E-state index is 13.2. The molecule has 2 N–H and O–H groups in total. The molecule has 1 aromatic rings. The second-order valence-electron chi connectivity index (χ2n) is 9.11. The summed E-state index contributed by atoms with van der Waals surface area (Å²) in [7, 11) is 0. The molecule has 1 saturated heterocycles. The molecule has 9 atom stereocenters. The molecule has 2 bridgehead atoms. The average Bonchev–Trinajstić information content (AvgIpc) is 3.42. The van der Waals surface area contributed by atoms with Gasteiger partial charge in [0.2, 0.25) is 5.88 Å². The van der Waals surface area contributed by atoms with E-state index in [9.17, 15) is 28.2 Å². The van der Waals surface area contributed by atoms with Crippen LogP contribution in [0.5, 0.6) is 5.88 Å². The van der Waals surface area contributed by atoms with E-state index in [1.54, 1.807) is 6.92 Å². The molecule has 2 heterocycles. The fraction of sp³-hybridized carbons (Fsp3) is 0.636. The number of aromatic nitrogens is 1. The van der Waals surface area contributed by atoms with Crippen molar-refractivity contribution in [1.29, 1.82) is 0 Å². The third-order valence-corrected chi connectivity index (χ3v) is 7.34.